The molecule has 0 saturated carbocycles. The second-order valence-electron chi connectivity index (χ2n) is 4.65. The zero-order valence-corrected chi connectivity index (χ0v) is 11.8. The molecule has 0 aliphatic carbocycles. The molecular formula is C13H20N2O2S. The van der Waals surface area contributed by atoms with Gasteiger partial charge in [-0.05, 0) is 36.6 Å². The van der Waals surface area contributed by atoms with E-state index in [2.05, 4.69) is 5.32 Å². The lowest BCUT2D eigenvalue weighted by molar-refractivity contribution is 0.467. The van der Waals surface area contributed by atoms with Crippen molar-refractivity contribution in [2.24, 2.45) is 0 Å². The molecule has 0 fully saturated rings. The van der Waals surface area contributed by atoms with Crippen molar-refractivity contribution in [2.75, 3.05) is 20.1 Å². The summed E-state index contributed by atoms with van der Waals surface area (Å²) >= 11 is 0. The standard InChI is InChI=1S/C13H20N2O2S/c1-3-9-15(2)18(16,17)13-6-4-5-11-10-14-8-7-12(11)13/h4-6,14H,3,7-10H2,1-2H3. The number of nitrogens with one attached hydrogen (secondary N) is 1. The maximum Gasteiger partial charge on any atom is 0.243 e. The number of fused-ring (bicyclic) bond motifs is 1. The Morgan fingerprint density at radius 1 is 1.39 bits per heavy atom. The van der Waals surface area contributed by atoms with Gasteiger partial charge in [0.25, 0.3) is 0 Å². The second-order valence-corrected chi connectivity index (χ2v) is 6.66. The fourth-order valence-electron chi connectivity index (χ4n) is 2.34. The highest BCUT2D eigenvalue weighted by atomic mass is 32.2. The minimum absolute atomic E-state index is 0.484. The molecule has 1 heterocycles. The average Bonchev–Trinajstić information content (AvgIpc) is 2.38. The minimum atomic E-state index is -3.34. The van der Waals surface area contributed by atoms with Crippen molar-refractivity contribution in [1.29, 1.82) is 0 Å². The molecule has 0 aromatic heterocycles. The van der Waals surface area contributed by atoms with Gasteiger partial charge in [-0.15, -0.1) is 0 Å². The van der Waals surface area contributed by atoms with E-state index in [0.29, 0.717) is 11.4 Å². The molecule has 2 rings (SSSR count). The molecular weight excluding hydrogens is 248 g/mol. The van der Waals surface area contributed by atoms with E-state index in [1.165, 1.54) is 4.31 Å². The molecule has 4 nitrogen and oxygen atoms in total. The fourth-order valence-corrected chi connectivity index (χ4v) is 3.90. The zero-order valence-electron chi connectivity index (χ0n) is 10.9. The van der Waals surface area contributed by atoms with Gasteiger partial charge in [-0.1, -0.05) is 19.1 Å². The summed E-state index contributed by atoms with van der Waals surface area (Å²) in [5.74, 6) is 0. The first-order valence-corrected chi connectivity index (χ1v) is 7.79. The molecule has 0 saturated heterocycles. The van der Waals surface area contributed by atoms with Crippen LogP contribution in [0, 0.1) is 0 Å². The average molecular weight is 268 g/mol. The van der Waals surface area contributed by atoms with E-state index in [4.69, 9.17) is 0 Å². The van der Waals surface area contributed by atoms with Crippen LogP contribution in [0.1, 0.15) is 24.5 Å². The smallest absolute Gasteiger partial charge is 0.243 e. The van der Waals surface area contributed by atoms with Crippen molar-refractivity contribution < 1.29 is 8.42 Å². The molecule has 1 aliphatic rings. The quantitative estimate of drug-likeness (QED) is 0.897. The van der Waals surface area contributed by atoms with E-state index >= 15 is 0 Å². The van der Waals surface area contributed by atoms with E-state index in [1.807, 2.05) is 19.1 Å². The molecule has 1 N–H and O–H groups in total. The van der Waals surface area contributed by atoms with Gasteiger partial charge in [0.2, 0.25) is 10.0 Å². The first-order valence-electron chi connectivity index (χ1n) is 6.35. The Morgan fingerprint density at radius 2 is 2.17 bits per heavy atom. The van der Waals surface area contributed by atoms with Gasteiger partial charge in [-0.25, -0.2) is 12.7 Å². The van der Waals surface area contributed by atoms with Crippen LogP contribution in [0.3, 0.4) is 0 Å². The molecule has 100 valence electrons. The Labute approximate surface area is 109 Å². The van der Waals surface area contributed by atoms with Crippen molar-refractivity contribution >= 4 is 10.0 Å². The van der Waals surface area contributed by atoms with Crippen LogP contribution in [0.15, 0.2) is 23.1 Å². The normalized spacial score (nSPS) is 15.7. The van der Waals surface area contributed by atoms with E-state index in [-0.39, 0.29) is 0 Å². The van der Waals surface area contributed by atoms with Crippen LogP contribution < -0.4 is 5.32 Å². The summed E-state index contributed by atoms with van der Waals surface area (Å²) in [6.07, 6.45) is 1.61. The Balaban J connectivity index is 2.45. The molecule has 0 atom stereocenters. The SMILES string of the molecule is CCCN(C)S(=O)(=O)c1cccc2c1CCNC2. The maximum absolute atomic E-state index is 12.5. The van der Waals surface area contributed by atoms with Crippen LogP contribution in [0.2, 0.25) is 0 Å². The highest BCUT2D eigenvalue weighted by molar-refractivity contribution is 7.89. The van der Waals surface area contributed by atoms with E-state index in [0.717, 1.165) is 37.1 Å². The van der Waals surface area contributed by atoms with Gasteiger partial charge in [-0.2, -0.15) is 0 Å². The Hall–Kier alpha value is -0.910. The van der Waals surface area contributed by atoms with Crippen LogP contribution in [0.4, 0.5) is 0 Å². The van der Waals surface area contributed by atoms with E-state index in [9.17, 15) is 8.42 Å². The van der Waals surface area contributed by atoms with Crippen LogP contribution in [-0.4, -0.2) is 32.9 Å². The van der Waals surface area contributed by atoms with Gasteiger partial charge in [0, 0.05) is 20.1 Å². The number of nitrogens with zero attached hydrogens (tertiary/aromatic N) is 1. The zero-order chi connectivity index (χ0) is 13.2. The molecule has 0 unspecified atom stereocenters. The maximum atomic E-state index is 12.5. The minimum Gasteiger partial charge on any atom is -0.312 e. The highest BCUT2D eigenvalue weighted by Crippen LogP contribution is 2.25. The van der Waals surface area contributed by atoms with Gasteiger partial charge in [0.1, 0.15) is 0 Å². The third kappa shape index (κ3) is 2.43. The molecule has 0 spiro atoms. The topological polar surface area (TPSA) is 49.4 Å². The summed E-state index contributed by atoms with van der Waals surface area (Å²) < 4.78 is 26.4. The van der Waals surface area contributed by atoms with Crippen molar-refractivity contribution in [2.45, 2.75) is 31.2 Å². The molecule has 1 aliphatic heterocycles. The number of hydrogen-bond donors (Lipinski definition) is 1. The van der Waals surface area contributed by atoms with Gasteiger partial charge < -0.3 is 5.32 Å². The van der Waals surface area contributed by atoms with Crippen molar-refractivity contribution in [3.63, 3.8) is 0 Å². The first kappa shape index (κ1) is 13.5. The lowest BCUT2D eigenvalue weighted by Crippen LogP contribution is -2.31. The van der Waals surface area contributed by atoms with E-state index < -0.39 is 10.0 Å². The molecule has 0 bridgehead atoms. The lowest BCUT2D eigenvalue weighted by atomic mass is 10.0. The Morgan fingerprint density at radius 3 is 2.89 bits per heavy atom. The van der Waals surface area contributed by atoms with Crippen LogP contribution in [0.5, 0.6) is 0 Å². The second kappa shape index (κ2) is 5.38. The third-order valence-electron chi connectivity index (χ3n) is 3.32. The summed E-state index contributed by atoms with van der Waals surface area (Å²) in [5, 5.41) is 3.27. The van der Waals surface area contributed by atoms with Gasteiger partial charge in [0.05, 0.1) is 4.90 Å². The number of hydrogen-bond acceptors (Lipinski definition) is 3. The van der Waals surface area contributed by atoms with Crippen LogP contribution in [0.25, 0.3) is 0 Å². The van der Waals surface area contributed by atoms with Gasteiger partial charge in [-0.3, -0.25) is 0 Å². The first-order chi connectivity index (χ1) is 8.57. The fraction of sp³-hybridized carbons (Fsp3) is 0.538. The van der Waals surface area contributed by atoms with Crippen LogP contribution in [-0.2, 0) is 23.0 Å². The van der Waals surface area contributed by atoms with Crippen LogP contribution >= 0.6 is 0 Å². The Kier molecular flexibility index (Phi) is 4.04. The number of benzene rings is 1. The summed E-state index contributed by atoms with van der Waals surface area (Å²) in [4.78, 5) is 0.484. The van der Waals surface area contributed by atoms with E-state index in [1.54, 1.807) is 13.1 Å². The number of sulfonamides is 1. The lowest BCUT2D eigenvalue weighted by Gasteiger charge is -2.23. The molecule has 0 amide bonds. The summed E-state index contributed by atoms with van der Waals surface area (Å²) in [6.45, 7) is 4.15. The molecule has 5 heteroatoms. The van der Waals surface area contributed by atoms with Crippen molar-refractivity contribution in [1.82, 2.24) is 9.62 Å². The van der Waals surface area contributed by atoms with Gasteiger partial charge >= 0.3 is 0 Å². The third-order valence-corrected chi connectivity index (χ3v) is 5.27. The van der Waals surface area contributed by atoms with Gasteiger partial charge in [0.15, 0.2) is 0 Å². The van der Waals surface area contributed by atoms with Crippen molar-refractivity contribution in [3.8, 4) is 0 Å². The monoisotopic (exact) mass is 268 g/mol. The summed E-state index contributed by atoms with van der Waals surface area (Å²) in [7, 11) is -1.68. The predicted octanol–water partition coefficient (Wildman–Crippen LogP) is 1.36. The van der Waals surface area contributed by atoms with Crippen molar-refractivity contribution in [3.05, 3.63) is 29.3 Å². The molecule has 18 heavy (non-hydrogen) atoms. The highest BCUT2D eigenvalue weighted by Gasteiger charge is 2.25. The molecule has 1 aromatic carbocycles. The molecule has 1 aromatic rings. The predicted molar refractivity (Wildman–Crippen MR) is 72.0 cm³/mol. The number of rotatable bonds is 4. The summed E-state index contributed by atoms with van der Waals surface area (Å²) in [6, 6.07) is 5.56. The Bertz CT molecular complexity index is 526. The summed E-state index contributed by atoms with van der Waals surface area (Å²) in [5.41, 5.74) is 2.09. The largest absolute Gasteiger partial charge is 0.312 e. The molecule has 0 radical (unpaired) electrons.